The Hall–Kier alpha value is -1.85. The molecule has 0 atom stereocenters. The SMILES string of the molecule is CCCc1cc(C(=O)N2CC[NH+](Cc3ccc4c(c3)CCO4)CC2)sc1C. The van der Waals surface area contributed by atoms with Gasteiger partial charge in [-0.05, 0) is 48.7 Å². The van der Waals surface area contributed by atoms with Gasteiger partial charge >= 0.3 is 0 Å². The molecule has 0 unspecified atom stereocenters. The normalized spacial score (nSPS) is 17.0. The topological polar surface area (TPSA) is 34.0 Å². The lowest BCUT2D eigenvalue weighted by Crippen LogP contribution is -3.13. The Morgan fingerprint density at radius 3 is 2.85 bits per heavy atom. The minimum absolute atomic E-state index is 0.221. The van der Waals surface area contributed by atoms with Gasteiger partial charge in [0.25, 0.3) is 5.91 Å². The average molecular weight is 386 g/mol. The van der Waals surface area contributed by atoms with E-state index in [0.29, 0.717) is 0 Å². The first-order chi connectivity index (χ1) is 13.1. The van der Waals surface area contributed by atoms with E-state index < -0.39 is 0 Å². The maximum absolute atomic E-state index is 12.9. The number of piperazine rings is 1. The van der Waals surface area contributed by atoms with Crippen LogP contribution in [0.3, 0.4) is 0 Å². The smallest absolute Gasteiger partial charge is 0.264 e. The summed E-state index contributed by atoms with van der Waals surface area (Å²) in [7, 11) is 0. The van der Waals surface area contributed by atoms with Gasteiger partial charge in [-0.2, -0.15) is 0 Å². The lowest BCUT2D eigenvalue weighted by atomic mass is 10.1. The van der Waals surface area contributed by atoms with E-state index in [1.807, 2.05) is 4.90 Å². The van der Waals surface area contributed by atoms with Gasteiger partial charge in [0.05, 0.1) is 37.7 Å². The molecule has 1 N–H and O–H groups in total. The summed E-state index contributed by atoms with van der Waals surface area (Å²) in [6, 6.07) is 8.73. The summed E-state index contributed by atoms with van der Waals surface area (Å²) in [5.74, 6) is 1.28. The quantitative estimate of drug-likeness (QED) is 0.858. The number of aryl methyl sites for hydroxylation is 2. The Morgan fingerprint density at radius 1 is 1.26 bits per heavy atom. The van der Waals surface area contributed by atoms with Crippen molar-refractivity contribution in [2.75, 3.05) is 32.8 Å². The van der Waals surface area contributed by atoms with Gasteiger partial charge in [0.1, 0.15) is 12.3 Å². The number of carbonyl (C=O) groups excluding carboxylic acids is 1. The van der Waals surface area contributed by atoms with E-state index in [1.54, 1.807) is 16.2 Å². The van der Waals surface area contributed by atoms with Crippen molar-refractivity contribution in [3.05, 3.63) is 50.7 Å². The summed E-state index contributed by atoms with van der Waals surface area (Å²) in [5.41, 5.74) is 4.07. The molecule has 4 nitrogen and oxygen atoms in total. The molecule has 2 aromatic rings. The van der Waals surface area contributed by atoms with Gasteiger partial charge in [0, 0.05) is 16.9 Å². The van der Waals surface area contributed by atoms with Crippen LogP contribution in [-0.4, -0.2) is 43.6 Å². The van der Waals surface area contributed by atoms with E-state index in [9.17, 15) is 4.79 Å². The number of fused-ring (bicyclic) bond motifs is 1. The number of ether oxygens (including phenoxy) is 1. The number of nitrogens with zero attached hydrogens (tertiary/aromatic N) is 1. The van der Waals surface area contributed by atoms with E-state index in [0.717, 1.165) is 69.2 Å². The Kier molecular flexibility index (Phi) is 5.50. The maximum atomic E-state index is 12.9. The Labute approximate surface area is 165 Å². The number of carbonyl (C=O) groups is 1. The van der Waals surface area contributed by atoms with Crippen LogP contribution in [0.4, 0.5) is 0 Å². The van der Waals surface area contributed by atoms with E-state index in [1.165, 1.54) is 21.6 Å². The van der Waals surface area contributed by atoms with Crippen molar-refractivity contribution in [2.24, 2.45) is 0 Å². The summed E-state index contributed by atoms with van der Waals surface area (Å²) in [4.78, 5) is 18.7. The molecule has 1 saturated heterocycles. The second-order valence-electron chi connectivity index (χ2n) is 7.70. The monoisotopic (exact) mass is 385 g/mol. The van der Waals surface area contributed by atoms with Crippen molar-refractivity contribution < 1.29 is 14.4 Å². The van der Waals surface area contributed by atoms with Crippen LogP contribution in [0.15, 0.2) is 24.3 Å². The van der Waals surface area contributed by atoms with Gasteiger partial charge in [-0.3, -0.25) is 4.79 Å². The number of benzene rings is 1. The zero-order valence-electron chi connectivity index (χ0n) is 16.3. The van der Waals surface area contributed by atoms with Crippen LogP contribution in [-0.2, 0) is 19.4 Å². The highest BCUT2D eigenvalue weighted by molar-refractivity contribution is 7.14. The summed E-state index contributed by atoms with van der Waals surface area (Å²) >= 11 is 1.66. The third-order valence-electron chi connectivity index (χ3n) is 5.72. The molecule has 27 heavy (non-hydrogen) atoms. The minimum Gasteiger partial charge on any atom is -0.493 e. The van der Waals surface area contributed by atoms with Gasteiger partial charge in [-0.25, -0.2) is 0 Å². The van der Waals surface area contributed by atoms with Crippen LogP contribution < -0.4 is 9.64 Å². The molecule has 4 rings (SSSR count). The molecule has 0 radical (unpaired) electrons. The molecule has 3 heterocycles. The van der Waals surface area contributed by atoms with Crippen molar-refractivity contribution >= 4 is 17.2 Å². The summed E-state index contributed by atoms with van der Waals surface area (Å²) < 4.78 is 5.60. The van der Waals surface area contributed by atoms with E-state index >= 15 is 0 Å². The fourth-order valence-corrected chi connectivity index (χ4v) is 5.18. The fraction of sp³-hybridized carbons (Fsp3) is 0.500. The van der Waals surface area contributed by atoms with Crippen LogP contribution in [0.2, 0.25) is 0 Å². The number of hydrogen-bond donors (Lipinski definition) is 1. The highest BCUT2D eigenvalue weighted by atomic mass is 32.1. The predicted molar refractivity (Wildman–Crippen MR) is 109 cm³/mol. The first kappa shape index (κ1) is 18.5. The molecule has 0 spiro atoms. The first-order valence-electron chi connectivity index (χ1n) is 10.1. The fourth-order valence-electron chi connectivity index (χ4n) is 4.14. The van der Waals surface area contributed by atoms with Gasteiger partial charge in [0.2, 0.25) is 0 Å². The number of rotatable bonds is 5. The average Bonchev–Trinajstić information content (AvgIpc) is 3.28. The number of quaternary nitrogens is 1. The predicted octanol–water partition coefficient (Wildman–Crippen LogP) is 2.48. The molecule has 2 aliphatic heterocycles. The minimum atomic E-state index is 0.221. The molecule has 0 bridgehead atoms. The molecule has 1 fully saturated rings. The molecule has 5 heteroatoms. The number of thiophene rings is 1. The van der Waals surface area contributed by atoms with Crippen molar-refractivity contribution in [1.29, 1.82) is 0 Å². The lowest BCUT2D eigenvalue weighted by Gasteiger charge is -2.32. The molecular weight excluding hydrogens is 356 g/mol. The molecule has 0 aliphatic carbocycles. The lowest BCUT2D eigenvalue weighted by molar-refractivity contribution is -0.917. The van der Waals surface area contributed by atoms with E-state index in [-0.39, 0.29) is 5.91 Å². The van der Waals surface area contributed by atoms with Crippen molar-refractivity contribution in [2.45, 2.75) is 39.7 Å². The number of hydrogen-bond acceptors (Lipinski definition) is 3. The first-order valence-corrected chi connectivity index (χ1v) is 10.9. The molecule has 1 aromatic carbocycles. The summed E-state index contributed by atoms with van der Waals surface area (Å²) in [6.07, 6.45) is 3.22. The van der Waals surface area contributed by atoms with Crippen LogP contribution in [0.1, 0.15) is 44.6 Å². The zero-order valence-corrected chi connectivity index (χ0v) is 17.2. The van der Waals surface area contributed by atoms with Gasteiger partial charge in [0.15, 0.2) is 0 Å². The van der Waals surface area contributed by atoms with Crippen LogP contribution in [0, 0.1) is 6.92 Å². The molecule has 1 amide bonds. The largest absolute Gasteiger partial charge is 0.493 e. The van der Waals surface area contributed by atoms with Crippen molar-refractivity contribution in [3.8, 4) is 5.75 Å². The van der Waals surface area contributed by atoms with Crippen LogP contribution in [0.25, 0.3) is 0 Å². The molecule has 2 aliphatic rings. The van der Waals surface area contributed by atoms with Crippen molar-refractivity contribution in [1.82, 2.24) is 4.90 Å². The Balaban J connectivity index is 1.33. The zero-order chi connectivity index (χ0) is 18.8. The Bertz CT molecular complexity index is 822. The molecule has 144 valence electrons. The molecular formula is C22H29N2O2S+. The van der Waals surface area contributed by atoms with Gasteiger partial charge in [-0.1, -0.05) is 13.3 Å². The number of nitrogens with one attached hydrogen (secondary N) is 1. The van der Waals surface area contributed by atoms with Gasteiger partial charge < -0.3 is 14.5 Å². The third-order valence-corrected chi connectivity index (χ3v) is 6.80. The van der Waals surface area contributed by atoms with Crippen LogP contribution >= 0.6 is 11.3 Å². The highest BCUT2D eigenvalue weighted by Gasteiger charge is 2.26. The molecule has 0 saturated carbocycles. The van der Waals surface area contributed by atoms with E-state index in [4.69, 9.17) is 4.74 Å². The standard InChI is InChI=1S/C22H28N2O2S/c1-3-4-18-14-21(27-16(18)2)22(25)24-10-8-23(9-11-24)15-17-5-6-20-19(13-17)7-12-26-20/h5-6,13-14H,3-4,7-12,15H2,1-2H3/p+1. The van der Waals surface area contributed by atoms with Gasteiger partial charge in [-0.15, -0.1) is 11.3 Å². The maximum Gasteiger partial charge on any atom is 0.264 e. The van der Waals surface area contributed by atoms with Crippen LogP contribution in [0.5, 0.6) is 5.75 Å². The summed E-state index contributed by atoms with van der Waals surface area (Å²) in [5, 5.41) is 0. The van der Waals surface area contributed by atoms with E-state index in [2.05, 4.69) is 38.1 Å². The molecule has 1 aromatic heterocycles. The van der Waals surface area contributed by atoms with Crippen molar-refractivity contribution in [3.63, 3.8) is 0 Å². The Morgan fingerprint density at radius 2 is 2.07 bits per heavy atom. The second kappa shape index (κ2) is 8.03. The number of amides is 1. The summed E-state index contributed by atoms with van der Waals surface area (Å²) in [6.45, 7) is 9.91. The second-order valence-corrected chi connectivity index (χ2v) is 8.96. The highest BCUT2D eigenvalue weighted by Crippen LogP contribution is 2.26. The third kappa shape index (κ3) is 4.04.